The van der Waals surface area contributed by atoms with E-state index in [1.807, 2.05) is 0 Å². The summed E-state index contributed by atoms with van der Waals surface area (Å²) in [6, 6.07) is 4.84. The SMILES string of the molecule is O=C(NCC1(C(=O)O)CC1)Nc1ccc(OC(F)F)cc1. The van der Waals surface area contributed by atoms with Gasteiger partial charge in [0.25, 0.3) is 0 Å². The molecule has 0 spiro atoms. The number of carbonyl (C=O) groups is 2. The molecule has 0 unspecified atom stereocenters. The fourth-order valence-corrected chi connectivity index (χ4v) is 1.76. The van der Waals surface area contributed by atoms with E-state index in [-0.39, 0.29) is 12.3 Å². The van der Waals surface area contributed by atoms with Crippen molar-refractivity contribution in [2.24, 2.45) is 5.41 Å². The highest BCUT2D eigenvalue weighted by atomic mass is 19.3. The third-order valence-electron chi connectivity index (χ3n) is 3.23. The number of hydrogen-bond acceptors (Lipinski definition) is 3. The maximum Gasteiger partial charge on any atom is 0.387 e. The van der Waals surface area contributed by atoms with Crippen LogP contribution in [0.2, 0.25) is 0 Å². The average Bonchev–Trinajstić information content (AvgIpc) is 3.19. The first-order valence-corrected chi connectivity index (χ1v) is 6.24. The van der Waals surface area contributed by atoms with Crippen molar-refractivity contribution in [3.05, 3.63) is 24.3 Å². The average molecular weight is 300 g/mol. The first-order valence-electron chi connectivity index (χ1n) is 6.24. The normalized spacial score (nSPS) is 15.4. The van der Waals surface area contributed by atoms with Gasteiger partial charge in [0, 0.05) is 12.2 Å². The Morgan fingerprint density at radius 1 is 1.29 bits per heavy atom. The van der Waals surface area contributed by atoms with Gasteiger partial charge >= 0.3 is 18.6 Å². The van der Waals surface area contributed by atoms with E-state index >= 15 is 0 Å². The van der Waals surface area contributed by atoms with Gasteiger partial charge in [0.2, 0.25) is 0 Å². The summed E-state index contributed by atoms with van der Waals surface area (Å²) in [5.74, 6) is -0.935. The van der Waals surface area contributed by atoms with Crippen LogP contribution in [-0.4, -0.2) is 30.3 Å². The molecule has 0 bridgehead atoms. The van der Waals surface area contributed by atoms with Gasteiger partial charge in [-0.05, 0) is 37.1 Å². The Morgan fingerprint density at radius 3 is 2.38 bits per heavy atom. The number of rotatable bonds is 6. The van der Waals surface area contributed by atoms with Crippen molar-refractivity contribution >= 4 is 17.7 Å². The van der Waals surface area contributed by atoms with E-state index in [1.54, 1.807) is 0 Å². The molecule has 2 amide bonds. The molecular weight excluding hydrogens is 286 g/mol. The Hall–Kier alpha value is -2.38. The van der Waals surface area contributed by atoms with Crippen LogP contribution in [-0.2, 0) is 4.79 Å². The monoisotopic (exact) mass is 300 g/mol. The topological polar surface area (TPSA) is 87.7 Å². The molecule has 114 valence electrons. The molecule has 0 heterocycles. The summed E-state index contributed by atoms with van der Waals surface area (Å²) in [6.45, 7) is -2.85. The third kappa shape index (κ3) is 4.04. The molecule has 1 aliphatic rings. The molecule has 0 aromatic heterocycles. The number of hydrogen-bond donors (Lipinski definition) is 3. The highest BCUT2D eigenvalue weighted by Gasteiger charge is 2.50. The van der Waals surface area contributed by atoms with Crippen LogP contribution in [0.15, 0.2) is 24.3 Å². The van der Waals surface area contributed by atoms with Crippen molar-refractivity contribution in [2.45, 2.75) is 19.5 Å². The number of ether oxygens (including phenoxy) is 1. The number of carbonyl (C=O) groups excluding carboxylic acids is 1. The van der Waals surface area contributed by atoms with E-state index in [4.69, 9.17) is 5.11 Å². The van der Waals surface area contributed by atoms with Crippen molar-refractivity contribution in [2.75, 3.05) is 11.9 Å². The highest BCUT2D eigenvalue weighted by Crippen LogP contribution is 2.45. The molecule has 6 nitrogen and oxygen atoms in total. The van der Waals surface area contributed by atoms with Crippen molar-refractivity contribution < 1.29 is 28.2 Å². The lowest BCUT2D eigenvalue weighted by Gasteiger charge is -2.12. The summed E-state index contributed by atoms with van der Waals surface area (Å²) in [4.78, 5) is 22.5. The predicted molar refractivity (Wildman–Crippen MR) is 69.4 cm³/mol. The van der Waals surface area contributed by atoms with Crippen LogP contribution in [0.4, 0.5) is 19.3 Å². The van der Waals surface area contributed by atoms with Gasteiger partial charge in [-0.15, -0.1) is 0 Å². The van der Waals surface area contributed by atoms with Gasteiger partial charge in [0.15, 0.2) is 0 Å². The van der Waals surface area contributed by atoms with E-state index in [1.165, 1.54) is 24.3 Å². The van der Waals surface area contributed by atoms with Gasteiger partial charge in [-0.3, -0.25) is 4.79 Å². The van der Waals surface area contributed by atoms with E-state index in [2.05, 4.69) is 15.4 Å². The lowest BCUT2D eigenvalue weighted by Crippen LogP contribution is -2.36. The van der Waals surface area contributed by atoms with Gasteiger partial charge < -0.3 is 20.5 Å². The maximum absolute atomic E-state index is 12.0. The summed E-state index contributed by atoms with van der Waals surface area (Å²) in [5, 5.41) is 13.9. The number of nitrogens with one attached hydrogen (secondary N) is 2. The van der Waals surface area contributed by atoms with Crippen molar-refractivity contribution in [1.29, 1.82) is 0 Å². The smallest absolute Gasteiger partial charge is 0.387 e. The Balaban J connectivity index is 1.81. The largest absolute Gasteiger partial charge is 0.481 e. The second kappa shape index (κ2) is 5.94. The molecule has 0 aliphatic heterocycles. The maximum atomic E-state index is 12.0. The number of aliphatic carboxylic acids is 1. The molecule has 21 heavy (non-hydrogen) atoms. The number of halogens is 2. The molecule has 1 saturated carbocycles. The number of carboxylic acid groups (broad SMARTS) is 1. The first kappa shape index (κ1) is 15.0. The number of alkyl halides is 2. The Labute approximate surface area is 119 Å². The van der Waals surface area contributed by atoms with Crippen LogP contribution in [0.5, 0.6) is 5.75 Å². The second-order valence-corrected chi connectivity index (χ2v) is 4.80. The summed E-state index contributed by atoms with van der Waals surface area (Å²) >= 11 is 0. The number of benzene rings is 1. The first-order chi connectivity index (χ1) is 9.91. The minimum atomic E-state index is -2.90. The van der Waals surface area contributed by atoms with Crippen LogP contribution in [0.3, 0.4) is 0 Å². The summed E-state index contributed by atoms with van der Waals surface area (Å²) in [7, 11) is 0. The number of anilines is 1. The second-order valence-electron chi connectivity index (χ2n) is 4.80. The molecule has 2 rings (SSSR count). The molecule has 0 radical (unpaired) electrons. The molecule has 0 atom stereocenters. The van der Waals surface area contributed by atoms with Gasteiger partial charge in [0.05, 0.1) is 5.41 Å². The zero-order chi connectivity index (χ0) is 15.5. The number of amides is 2. The Morgan fingerprint density at radius 2 is 1.90 bits per heavy atom. The fourth-order valence-electron chi connectivity index (χ4n) is 1.76. The molecule has 1 aliphatic carbocycles. The van der Waals surface area contributed by atoms with E-state index in [9.17, 15) is 18.4 Å². The summed E-state index contributed by atoms with van der Waals surface area (Å²) < 4.78 is 28.1. The lowest BCUT2D eigenvalue weighted by molar-refractivity contribution is -0.143. The summed E-state index contributed by atoms with van der Waals surface area (Å²) in [6.07, 6.45) is 1.09. The molecule has 1 aromatic carbocycles. The lowest BCUT2D eigenvalue weighted by atomic mass is 10.1. The van der Waals surface area contributed by atoms with Gasteiger partial charge in [-0.1, -0.05) is 0 Å². The van der Waals surface area contributed by atoms with Crippen LogP contribution >= 0.6 is 0 Å². The highest BCUT2D eigenvalue weighted by molar-refractivity contribution is 5.90. The van der Waals surface area contributed by atoms with E-state index in [0.29, 0.717) is 18.5 Å². The standard InChI is InChI=1S/C13H14F2N2O4/c14-11(15)21-9-3-1-8(2-4-9)17-12(20)16-7-13(5-6-13)10(18)19/h1-4,11H,5-7H2,(H,18,19)(H2,16,17,20). The minimum absolute atomic E-state index is 0.0150. The quantitative estimate of drug-likeness (QED) is 0.752. The van der Waals surface area contributed by atoms with Crippen molar-refractivity contribution in [1.82, 2.24) is 5.32 Å². The van der Waals surface area contributed by atoms with Crippen molar-refractivity contribution in [3.63, 3.8) is 0 Å². The van der Waals surface area contributed by atoms with Gasteiger partial charge in [-0.25, -0.2) is 4.79 Å². The molecule has 1 fully saturated rings. The number of urea groups is 1. The van der Waals surface area contributed by atoms with E-state index in [0.717, 1.165) is 0 Å². The molecular formula is C13H14F2N2O4. The van der Waals surface area contributed by atoms with Crippen LogP contribution < -0.4 is 15.4 Å². The summed E-state index contributed by atoms with van der Waals surface area (Å²) in [5.41, 5.74) is -0.457. The molecule has 8 heteroatoms. The van der Waals surface area contributed by atoms with Crippen molar-refractivity contribution in [3.8, 4) is 5.75 Å². The van der Waals surface area contributed by atoms with Crippen LogP contribution in [0.25, 0.3) is 0 Å². The molecule has 0 saturated heterocycles. The number of carboxylic acids is 1. The van der Waals surface area contributed by atoms with Gasteiger partial charge in [-0.2, -0.15) is 8.78 Å². The zero-order valence-corrected chi connectivity index (χ0v) is 10.9. The third-order valence-corrected chi connectivity index (χ3v) is 3.23. The van der Waals surface area contributed by atoms with Crippen LogP contribution in [0.1, 0.15) is 12.8 Å². The molecule has 1 aromatic rings. The zero-order valence-electron chi connectivity index (χ0n) is 10.9. The minimum Gasteiger partial charge on any atom is -0.481 e. The Bertz CT molecular complexity index is 529. The van der Waals surface area contributed by atoms with E-state index < -0.39 is 24.0 Å². The fraction of sp³-hybridized carbons (Fsp3) is 0.385. The van der Waals surface area contributed by atoms with Crippen LogP contribution in [0, 0.1) is 5.41 Å². The Kier molecular flexibility index (Phi) is 4.25. The molecule has 3 N–H and O–H groups in total. The van der Waals surface area contributed by atoms with Gasteiger partial charge in [0.1, 0.15) is 5.75 Å². The predicted octanol–water partition coefficient (Wildman–Crippen LogP) is 2.27.